The minimum Gasteiger partial charge on any atom is -0.461 e. The van der Waals surface area contributed by atoms with Crippen molar-refractivity contribution in [3.8, 4) is 0 Å². The molecule has 0 saturated carbocycles. The van der Waals surface area contributed by atoms with Gasteiger partial charge in [0.1, 0.15) is 17.3 Å². The average Bonchev–Trinajstić information content (AvgIpc) is 2.60. The number of ether oxygens (including phenoxy) is 1. The Bertz CT molecular complexity index is 819. The second kappa shape index (κ2) is 8.03. The monoisotopic (exact) mass is 374 g/mol. The number of pyridine rings is 1. The number of hydrogen-bond donors (Lipinski definition) is 0. The number of nitrogens with zero attached hydrogens (tertiary/aromatic N) is 2. The van der Waals surface area contributed by atoms with Crippen molar-refractivity contribution < 1.29 is 18.3 Å². The van der Waals surface area contributed by atoms with Crippen molar-refractivity contribution in [2.75, 3.05) is 18.1 Å². The summed E-state index contributed by atoms with van der Waals surface area (Å²) in [7, 11) is 0. The number of aromatic nitrogens is 1. The normalized spacial score (nSPS) is 16.4. The first-order chi connectivity index (χ1) is 12.9. The zero-order valence-electron chi connectivity index (χ0n) is 15.8. The molecule has 0 saturated heterocycles. The number of fused-ring (bicyclic) bond motifs is 1. The molecule has 1 aliphatic heterocycles. The molecule has 1 aromatic heterocycles. The van der Waals surface area contributed by atoms with Gasteiger partial charge in [-0.3, -0.25) is 0 Å². The Morgan fingerprint density at radius 1 is 1.26 bits per heavy atom. The predicted octanol–water partition coefficient (Wildman–Crippen LogP) is 4.69. The molecule has 0 bridgehead atoms. The summed E-state index contributed by atoms with van der Waals surface area (Å²) in [4.78, 5) is 18.2. The fourth-order valence-electron chi connectivity index (χ4n) is 3.65. The third-order valence-electron chi connectivity index (χ3n) is 4.72. The van der Waals surface area contributed by atoms with Crippen molar-refractivity contribution >= 4 is 11.7 Å². The lowest BCUT2D eigenvalue weighted by Gasteiger charge is -2.37. The molecule has 2 aromatic rings. The highest BCUT2D eigenvalue weighted by molar-refractivity contribution is 5.87. The highest BCUT2D eigenvalue weighted by Crippen LogP contribution is 2.35. The first-order valence-electron chi connectivity index (χ1n) is 9.24. The number of benzene rings is 1. The van der Waals surface area contributed by atoms with E-state index in [0.717, 1.165) is 23.6 Å². The predicted molar refractivity (Wildman–Crippen MR) is 99.8 cm³/mol. The summed E-state index contributed by atoms with van der Waals surface area (Å²) in [6.07, 6.45) is 2.57. The van der Waals surface area contributed by atoms with Gasteiger partial charge in [-0.25, -0.2) is 18.6 Å². The molecule has 0 radical (unpaired) electrons. The third kappa shape index (κ3) is 4.43. The molecule has 3 rings (SSSR count). The Balaban J connectivity index is 1.96. The van der Waals surface area contributed by atoms with E-state index >= 15 is 0 Å². The van der Waals surface area contributed by atoms with Gasteiger partial charge in [0.15, 0.2) is 0 Å². The van der Waals surface area contributed by atoms with E-state index in [1.807, 2.05) is 11.0 Å². The summed E-state index contributed by atoms with van der Waals surface area (Å²) in [5.41, 5.74) is 2.84. The molecule has 0 N–H and O–H groups in total. The zero-order chi connectivity index (χ0) is 19.6. The van der Waals surface area contributed by atoms with Crippen molar-refractivity contribution in [2.45, 2.75) is 39.7 Å². The van der Waals surface area contributed by atoms with E-state index in [1.54, 1.807) is 13.1 Å². The van der Waals surface area contributed by atoms with Crippen molar-refractivity contribution in [3.05, 3.63) is 58.9 Å². The van der Waals surface area contributed by atoms with Gasteiger partial charge in [-0.05, 0) is 48.6 Å². The largest absolute Gasteiger partial charge is 0.461 e. The molecule has 0 spiro atoms. The number of carbonyl (C=O) groups excluding carboxylic acids is 1. The van der Waals surface area contributed by atoms with Gasteiger partial charge in [0.2, 0.25) is 0 Å². The smallest absolute Gasteiger partial charge is 0.356 e. The van der Waals surface area contributed by atoms with Crippen LogP contribution in [-0.4, -0.2) is 24.1 Å². The van der Waals surface area contributed by atoms with E-state index in [4.69, 9.17) is 4.74 Å². The summed E-state index contributed by atoms with van der Waals surface area (Å²) < 4.78 is 32.4. The topological polar surface area (TPSA) is 42.4 Å². The number of halogens is 2. The molecule has 6 heteroatoms. The number of anilines is 1. The first kappa shape index (κ1) is 19.3. The van der Waals surface area contributed by atoms with Gasteiger partial charge in [0, 0.05) is 37.0 Å². The van der Waals surface area contributed by atoms with E-state index in [9.17, 15) is 13.6 Å². The fraction of sp³-hybridized carbons (Fsp3) is 0.429. The van der Waals surface area contributed by atoms with Crippen LogP contribution in [-0.2, 0) is 11.3 Å². The minimum atomic E-state index is -0.591. The first-order valence-corrected chi connectivity index (χ1v) is 9.24. The number of carbonyl (C=O) groups is 1. The quantitative estimate of drug-likeness (QED) is 0.713. The zero-order valence-corrected chi connectivity index (χ0v) is 15.8. The summed E-state index contributed by atoms with van der Waals surface area (Å²) in [5.74, 6) is -1.04. The van der Waals surface area contributed by atoms with Gasteiger partial charge < -0.3 is 9.64 Å². The molecule has 1 atom stereocenters. The number of hydrogen-bond acceptors (Lipinski definition) is 4. The maximum Gasteiger partial charge on any atom is 0.356 e. The van der Waals surface area contributed by atoms with E-state index in [-0.39, 0.29) is 5.92 Å². The molecular formula is C21H24F2N2O2. The Hall–Kier alpha value is -2.50. The molecule has 27 heavy (non-hydrogen) atoms. The molecular weight excluding hydrogens is 350 g/mol. The van der Waals surface area contributed by atoms with Crippen LogP contribution in [0.25, 0.3) is 0 Å². The van der Waals surface area contributed by atoms with Gasteiger partial charge in [-0.2, -0.15) is 0 Å². The third-order valence-corrected chi connectivity index (χ3v) is 4.72. The lowest BCUT2D eigenvalue weighted by molar-refractivity contribution is 0.0519. The van der Waals surface area contributed by atoms with Gasteiger partial charge in [0.05, 0.1) is 6.61 Å². The molecule has 1 unspecified atom stereocenters. The maximum atomic E-state index is 13.7. The lowest BCUT2D eigenvalue weighted by Crippen LogP contribution is -2.34. The molecule has 2 heterocycles. The highest BCUT2D eigenvalue weighted by atomic mass is 19.1. The van der Waals surface area contributed by atoms with Crippen LogP contribution in [0.3, 0.4) is 0 Å². The highest BCUT2D eigenvalue weighted by Gasteiger charge is 2.28. The lowest BCUT2D eigenvalue weighted by atomic mass is 9.84. The Morgan fingerprint density at radius 2 is 1.96 bits per heavy atom. The Morgan fingerprint density at radius 3 is 2.59 bits per heavy atom. The maximum absolute atomic E-state index is 13.7. The van der Waals surface area contributed by atoms with E-state index in [1.165, 1.54) is 12.1 Å². The van der Waals surface area contributed by atoms with Crippen LogP contribution in [0.5, 0.6) is 0 Å². The number of esters is 1. The van der Waals surface area contributed by atoms with E-state index in [0.29, 0.717) is 37.0 Å². The van der Waals surface area contributed by atoms with Crippen LogP contribution < -0.4 is 4.90 Å². The van der Waals surface area contributed by atoms with Crippen molar-refractivity contribution in [1.82, 2.24) is 4.98 Å². The molecule has 1 aromatic carbocycles. The van der Waals surface area contributed by atoms with Gasteiger partial charge in [-0.15, -0.1) is 0 Å². The fourth-order valence-corrected chi connectivity index (χ4v) is 3.65. The van der Waals surface area contributed by atoms with Crippen LogP contribution in [0.4, 0.5) is 14.5 Å². The molecule has 4 nitrogen and oxygen atoms in total. The summed E-state index contributed by atoms with van der Waals surface area (Å²) >= 11 is 0. The second-order valence-electron chi connectivity index (χ2n) is 7.32. The van der Waals surface area contributed by atoms with Crippen molar-refractivity contribution in [3.63, 3.8) is 0 Å². The Labute approximate surface area is 158 Å². The van der Waals surface area contributed by atoms with Crippen LogP contribution in [0.1, 0.15) is 54.7 Å². The summed E-state index contributed by atoms with van der Waals surface area (Å²) in [5, 5.41) is 0. The second-order valence-corrected chi connectivity index (χ2v) is 7.32. The van der Waals surface area contributed by atoms with E-state index < -0.39 is 17.6 Å². The van der Waals surface area contributed by atoms with Crippen LogP contribution in [0.15, 0.2) is 30.5 Å². The van der Waals surface area contributed by atoms with Gasteiger partial charge in [-0.1, -0.05) is 13.8 Å². The van der Waals surface area contributed by atoms with Gasteiger partial charge in [0.25, 0.3) is 0 Å². The van der Waals surface area contributed by atoms with Crippen molar-refractivity contribution in [2.24, 2.45) is 5.92 Å². The molecule has 0 amide bonds. The molecule has 0 aliphatic carbocycles. The van der Waals surface area contributed by atoms with Crippen LogP contribution >= 0.6 is 0 Å². The van der Waals surface area contributed by atoms with E-state index in [2.05, 4.69) is 18.8 Å². The molecule has 1 aliphatic rings. The molecule has 0 fully saturated rings. The van der Waals surface area contributed by atoms with Crippen LogP contribution in [0, 0.1) is 17.6 Å². The Kier molecular flexibility index (Phi) is 5.73. The molecule has 144 valence electrons. The number of rotatable bonds is 5. The summed E-state index contributed by atoms with van der Waals surface area (Å²) in [6.45, 7) is 7.44. The van der Waals surface area contributed by atoms with Crippen LogP contribution in [0.2, 0.25) is 0 Å². The average molecular weight is 374 g/mol. The standard InChI is InChI=1S/C21H24F2N2O2/c1-4-27-21(26)20-9-19-14(5-13(2)3)11-25(12-15(19)10-24-20)18-7-16(22)6-17(23)8-18/h6-10,13-14H,4-5,11-12H2,1-3H3. The van der Waals surface area contributed by atoms with Gasteiger partial charge >= 0.3 is 5.97 Å². The minimum absolute atomic E-state index is 0.135. The van der Waals surface area contributed by atoms with Crippen molar-refractivity contribution in [1.29, 1.82) is 0 Å². The SMILES string of the molecule is CCOC(=O)c1cc2c(cn1)CN(c1cc(F)cc(F)c1)CC2CC(C)C. The summed E-state index contributed by atoms with van der Waals surface area (Å²) in [6, 6.07) is 5.38.